The van der Waals surface area contributed by atoms with Crippen LogP contribution < -0.4 is 5.56 Å². The van der Waals surface area contributed by atoms with E-state index in [2.05, 4.69) is 41.3 Å². The molecule has 0 N–H and O–H groups in total. The summed E-state index contributed by atoms with van der Waals surface area (Å²) < 4.78 is 3.37. The average molecular weight is 344 g/mol. The number of fused-ring (bicyclic) bond motifs is 1. The van der Waals surface area contributed by atoms with Crippen molar-refractivity contribution in [3.8, 4) is 5.69 Å². The van der Waals surface area contributed by atoms with Crippen molar-refractivity contribution >= 4 is 10.9 Å². The Hall–Kier alpha value is -3.21. The fraction of sp³-hybridized carbons (Fsp3) is 0.190. The number of benzene rings is 2. The van der Waals surface area contributed by atoms with Crippen molar-refractivity contribution in [1.29, 1.82) is 0 Å². The lowest BCUT2D eigenvalue weighted by Crippen LogP contribution is -2.18. The van der Waals surface area contributed by atoms with Crippen LogP contribution in [0.15, 0.2) is 59.9 Å². The molecule has 0 aliphatic heterocycles. The van der Waals surface area contributed by atoms with E-state index in [1.807, 2.05) is 29.9 Å². The third-order valence-electron chi connectivity index (χ3n) is 4.98. The predicted molar refractivity (Wildman–Crippen MR) is 103 cm³/mol. The van der Waals surface area contributed by atoms with E-state index in [9.17, 15) is 4.79 Å². The smallest absolute Gasteiger partial charge is 0.260 e. The second-order valence-electron chi connectivity index (χ2n) is 6.64. The van der Waals surface area contributed by atoms with Crippen LogP contribution in [0.25, 0.3) is 16.6 Å². The molecule has 0 aliphatic carbocycles. The molecule has 130 valence electrons. The molecule has 0 bridgehead atoms. The summed E-state index contributed by atoms with van der Waals surface area (Å²) in [5.74, 6) is 0. The van der Waals surface area contributed by atoms with Crippen LogP contribution >= 0.6 is 0 Å². The highest BCUT2D eigenvalue weighted by Gasteiger charge is 2.12. The summed E-state index contributed by atoms with van der Waals surface area (Å²) in [6.07, 6.45) is 6.06. The molecule has 2 heterocycles. The number of hydrogen-bond donors (Lipinski definition) is 0. The highest BCUT2D eigenvalue weighted by molar-refractivity contribution is 5.83. The quantitative estimate of drug-likeness (QED) is 0.573. The summed E-state index contributed by atoms with van der Waals surface area (Å²) in [6, 6.07) is 12.2. The van der Waals surface area contributed by atoms with Crippen LogP contribution in [0, 0.1) is 13.8 Å². The Labute approximate surface area is 151 Å². The third-order valence-corrected chi connectivity index (χ3v) is 4.98. The van der Waals surface area contributed by atoms with E-state index in [1.165, 1.54) is 15.7 Å². The van der Waals surface area contributed by atoms with E-state index in [-0.39, 0.29) is 5.56 Å². The van der Waals surface area contributed by atoms with Crippen LogP contribution in [0.1, 0.15) is 22.3 Å². The minimum absolute atomic E-state index is 0.00613. The van der Waals surface area contributed by atoms with Gasteiger partial charge in [-0.15, -0.1) is 0 Å². The molecule has 0 amide bonds. The normalized spacial score (nSPS) is 11.2. The van der Waals surface area contributed by atoms with Gasteiger partial charge in [0.05, 0.1) is 22.9 Å². The van der Waals surface area contributed by atoms with Crippen molar-refractivity contribution in [3.05, 3.63) is 87.7 Å². The first-order valence-electron chi connectivity index (χ1n) is 8.58. The van der Waals surface area contributed by atoms with Crippen LogP contribution in [-0.4, -0.2) is 19.3 Å². The summed E-state index contributed by atoms with van der Waals surface area (Å²) in [5.41, 5.74) is 6.44. The first kappa shape index (κ1) is 16.3. The minimum atomic E-state index is -0.00613. The standard InChI is InChI=1S/C21H20N4O/c1-14-15(2)20-19(21(26)24(3)13-22-20)12-17(14)11-16-5-7-18(8-6-16)25-10-4-9-23-25/h4-10,12-13H,11H2,1-3H3. The van der Waals surface area contributed by atoms with Gasteiger partial charge in [0.1, 0.15) is 0 Å². The molecule has 0 aliphatic rings. The molecule has 5 nitrogen and oxygen atoms in total. The van der Waals surface area contributed by atoms with Gasteiger partial charge in [0.2, 0.25) is 0 Å². The van der Waals surface area contributed by atoms with Crippen LogP contribution in [-0.2, 0) is 13.5 Å². The maximum Gasteiger partial charge on any atom is 0.260 e. The summed E-state index contributed by atoms with van der Waals surface area (Å²) in [5, 5.41) is 4.93. The molecular formula is C21H20N4O. The van der Waals surface area contributed by atoms with E-state index in [4.69, 9.17) is 0 Å². The number of aryl methyl sites for hydroxylation is 2. The molecule has 5 heteroatoms. The highest BCUT2D eigenvalue weighted by atomic mass is 16.1. The van der Waals surface area contributed by atoms with Gasteiger partial charge in [-0.05, 0) is 66.8 Å². The van der Waals surface area contributed by atoms with Crippen LogP contribution in [0.4, 0.5) is 0 Å². The fourth-order valence-electron chi connectivity index (χ4n) is 3.28. The van der Waals surface area contributed by atoms with Gasteiger partial charge in [0.25, 0.3) is 5.56 Å². The third kappa shape index (κ3) is 2.71. The van der Waals surface area contributed by atoms with E-state index in [1.54, 1.807) is 19.6 Å². The highest BCUT2D eigenvalue weighted by Crippen LogP contribution is 2.24. The molecule has 0 unspecified atom stereocenters. The molecule has 26 heavy (non-hydrogen) atoms. The molecule has 0 saturated heterocycles. The van der Waals surface area contributed by atoms with Gasteiger partial charge < -0.3 is 4.57 Å². The van der Waals surface area contributed by atoms with Gasteiger partial charge in [0.15, 0.2) is 0 Å². The molecule has 0 atom stereocenters. The zero-order chi connectivity index (χ0) is 18.3. The molecule has 0 saturated carbocycles. The molecule has 0 radical (unpaired) electrons. The van der Waals surface area contributed by atoms with Crippen molar-refractivity contribution in [2.45, 2.75) is 20.3 Å². The van der Waals surface area contributed by atoms with Crippen LogP contribution in [0.3, 0.4) is 0 Å². The number of hydrogen-bond acceptors (Lipinski definition) is 3. The Balaban J connectivity index is 1.74. The molecule has 4 aromatic rings. The van der Waals surface area contributed by atoms with Gasteiger partial charge >= 0.3 is 0 Å². The number of rotatable bonds is 3. The summed E-state index contributed by atoms with van der Waals surface area (Å²) in [7, 11) is 1.73. The molecule has 2 aromatic heterocycles. The molecule has 2 aromatic carbocycles. The Morgan fingerprint density at radius 3 is 2.54 bits per heavy atom. The predicted octanol–water partition coefficient (Wildman–Crippen LogP) is 3.33. The lowest BCUT2D eigenvalue weighted by atomic mass is 9.94. The first-order valence-corrected chi connectivity index (χ1v) is 8.58. The number of aromatic nitrogens is 4. The Bertz CT molecular complexity index is 1140. The fourth-order valence-corrected chi connectivity index (χ4v) is 3.28. The lowest BCUT2D eigenvalue weighted by molar-refractivity contribution is 0.841. The average Bonchev–Trinajstić information content (AvgIpc) is 3.18. The van der Waals surface area contributed by atoms with Gasteiger partial charge in [-0.2, -0.15) is 5.10 Å². The zero-order valence-corrected chi connectivity index (χ0v) is 15.1. The SMILES string of the molecule is Cc1c(Cc2ccc(-n3cccn3)cc2)cc2c(=O)n(C)cnc2c1C. The monoisotopic (exact) mass is 344 g/mol. The first-order chi connectivity index (χ1) is 12.5. The van der Waals surface area contributed by atoms with Crippen molar-refractivity contribution < 1.29 is 0 Å². The van der Waals surface area contributed by atoms with E-state index < -0.39 is 0 Å². The molecule has 0 fully saturated rings. The van der Waals surface area contributed by atoms with Crippen molar-refractivity contribution in [1.82, 2.24) is 19.3 Å². The summed E-state index contributed by atoms with van der Waals surface area (Å²) in [4.78, 5) is 16.9. The molecule has 4 rings (SSSR count). The zero-order valence-electron chi connectivity index (χ0n) is 15.1. The maximum atomic E-state index is 12.5. The number of nitrogens with zero attached hydrogens (tertiary/aromatic N) is 4. The van der Waals surface area contributed by atoms with Crippen LogP contribution in [0.2, 0.25) is 0 Å². The Morgan fingerprint density at radius 2 is 1.85 bits per heavy atom. The van der Waals surface area contributed by atoms with Gasteiger partial charge in [-0.25, -0.2) is 9.67 Å². The topological polar surface area (TPSA) is 52.7 Å². The second-order valence-corrected chi connectivity index (χ2v) is 6.64. The van der Waals surface area contributed by atoms with E-state index in [0.29, 0.717) is 5.39 Å². The van der Waals surface area contributed by atoms with Crippen LogP contribution in [0.5, 0.6) is 0 Å². The summed E-state index contributed by atoms with van der Waals surface area (Å²) >= 11 is 0. The minimum Gasteiger partial charge on any atom is -0.302 e. The van der Waals surface area contributed by atoms with Gasteiger partial charge in [-0.1, -0.05) is 12.1 Å². The van der Waals surface area contributed by atoms with E-state index >= 15 is 0 Å². The molecule has 0 spiro atoms. The lowest BCUT2D eigenvalue weighted by Gasteiger charge is -2.13. The van der Waals surface area contributed by atoms with E-state index in [0.717, 1.165) is 28.8 Å². The summed E-state index contributed by atoms with van der Waals surface area (Å²) in [6.45, 7) is 4.13. The Kier molecular flexibility index (Phi) is 3.92. The second kappa shape index (κ2) is 6.26. The van der Waals surface area contributed by atoms with Gasteiger partial charge in [-0.3, -0.25) is 4.79 Å². The van der Waals surface area contributed by atoms with Crippen molar-refractivity contribution in [2.75, 3.05) is 0 Å². The van der Waals surface area contributed by atoms with Crippen molar-refractivity contribution in [3.63, 3.8) is 0 Å². The van der Waals surface area contributed by atoms with Crippen molar-refractivity contribution in [2.24, 2.45) is 7.05 Å². The Morgan fingerprint density at radius 1 is 1.08 bits per heavy atom. The maximum absolute atomic E-state index is 12.5. The van der Waals surface area contributed by atoms with Gasteiger partial charge in [0, 0.05) is 19.4 Å². The largest absolute Gasteiger partial charge is 0.302 e. The molecular weight excluding hydrogens is 324 g/mol.